The summed E-state index contributed by atoms with van der Waals surface area (Å²) < 4.78 is 0. The van der Waals surface area contributed by atoms with E-state index in [1.54, 1.807) is 0 Å². The Labute approximate surface area is 96.9 Å². The number of hydrogen-bond acceptors (Lipinski definition) is 0. The van der Waals surface area contributed by atoms with Crippen LogP contribution in [0.3, 0.4) is 0 Å². The summed E-state index contributed by atoms with van der Waals surface area (Å²) in [6.07, 6.45) is 0. The summed E-state index contributed by atoms with van der Waals surface area (Å²) in [7, 11) is 0. The first kappa shape index (κ1) is 18.1. The summed E-state index contributed by atoms with van der Waals surface area (Å²) in [5, 5.41) is 0. The van der Waals surface area contributed by atoms with Gasteiger partial charge in [-0.25, -0.2) is 6.07 Å². The van der Waals surface area contributed by atoms with Crippen molar-refractivity contribution in [3.63, 3.8) is 0 Å². The smallest absolute Gasteiger partial charge is 0.358 e. The Morgan fingerprint density at radius 3 is 1.83 bits per heavy atom. The zero-order chi connectivity index (χ0) is 6.91. The molecule has 0 aliphatic heterocycles. The first-order chi connectivity index (χ1) is 4.11. The van der Waals surface area contributed by atoms with E-state index in [2.05, 4.69) is 45.0 Å². The molecule has 0 heterocycles. The minimum Gasteiger partial charge on any atom is -0.358 e. The maximum absolute atomic E-state index is 2.22. The van der Waals surface area contributed by atoms with Gasteiger partial charge >= 0.3 is 26.2 Å². The maximum atomic E-state index is 2.22. The molecule has 0 amide bonds. The molecule has 1 aromatic rings. The normalized spacial score (nSPS) is 8.92. The third-order valence-corrected chi connectivity index (χ3v) is 1.53. The van der Waals surface area contributed by atoms with Gasteiger partial charge in [-0.15, -0.1) is 0 Å². The second-order valence-electron chi connectivity index (χ2n) is 3.42. The standard InChI is InChI=1S/C9H13.2CH3.Zr/c1-9(2,3)8-6-4-5-7-8;;;/h4-7H,1-3H3;2*1H3;/q3*-1;+3. The molecule has 0 unspecified atom stereocenters. The average Bonchev–Trinajstić information content (AvgIpc) is 2.08. The van der Waals surface area contributed by atoms with Crippen LogP contribution in [0, 0.1) is 14.9 Å². The Bertz CT molecular complexity index is 167. The molecule has 0 bridgehead atoms. The molecular formula is C11H19Zr. The van der Waals surface area contributed by atoms with Crippen LogP contribution < -0.4 is 0 Å². The van der Waals surface area contributed by atoms with Crippen LogP contribution in [0.4, 0.5) is 0 Å². The predicted molar refractivity (Wildman–Crippen MR) is 53.6 cm³/mol. The van der Waals surface area contributed by atoms with Gasteiger partial charge in [0.05, 0.1) is 0 Å². The predicted octanol–water partition coefficient (Wildman–Crippen LogP) is 3.60. The molecule has 1 radical (unpaired) electrons. The van der Waals surface area contributed by atoms with Crippen molar-refractivity contribution in [3.8, 4) is 0 Å². The Morgan fingerprint density at radius 1 is 1.17 bits per heavy atom. The van der Waals surface area contributed by atoms with E-state index in [1.165, 1.54) is 5.56 Å². The largest absolute Gasteiger partial charge is 3.00 e. The first-order valence-electron chi connectivity index (χ1n) is 3.33. The van der Waals surface area contributed by atoms with E-state index in [0.717, 1.165) is 0 Å². The third-order valence-electron chi connectivity index (χ3n) is 1.53. The third kappa shape index (κ3) is 4.98. The van der Waals surface area contributed by atoms with Crippen molar-refractivity contribution >= 4 is 0 Å². The van der Waals surface area contributed by atoms with E-state index in [0.29, 0.717) is 5.41 Å². The summed E-state index contributed by atoms with van der Waals surface area (Å²) in [5.74, 6) is 0. The van der Waals surface area contributed by atoms with E-state index in [-0.39, 0.29) is 41.1 Å². The summed E-state index contributed by atoms with van der Waals surface area (Å²) in [4.78, 5) is 0. The SMILES string of the molecule is CC(C)(C)c1cc[cH-]c1.[CH3-].[CH3-].[Zr+3]. The Balaban J connectivity index is -0.000000270. The van der Waals surface area contributed by atoms with Crippen molar-refractivity contribution in [1.82, 2.24) is 0 Å². The van der Waals surface area contributed by atoms with Crippen molar-refractivity contribution in [1.29, 1.82) is 0 Å². The molecule has 0 spiro atoms. The van der Waals surface area contributed by atoms with Crippen LogP contribution in [0.2, 0.25) is 0 Å². The molecule has 0 nitrogen and oxygen atoms in total. The molecule has 1 heteroatoms. The number of hydrogen-bond donors (Lipinski definition) is 0. The molecule has 0 fully saturated rings. The van der Waals surface area contributed by atoms with Crippen molar-refractivity contribution in [2.45, 2.75) is 26.2 Å². The summed E-state index contributed by atoms with van der Waals surface area (Å²) in [5.41, 5.74) is 1.74. The van der Waals surface area contributed by atoms with Crippen LogP contribution in [-0.4, -0.2) is 0 Å². The zero-order valence-corrected chi connectivity index (χ0v) is 11.3. The van der Waals surface area contributed by atoms with Crippen LogP contribution >= 0.6 is 0 Å². The van der Waals surface area contributed by atoms with Gasteiger partial charge in [0, 0.05) is 0 Å². The summed E-state index contributed by atoms with van der Waals surface area (Å²) in [6.45, 7) is 6.67. The van der Waals surface area contributed by atoms with Crippen LogP contribution in [-0.2, 0) is 31.6 Å². The second kappa shape index (κ2) is 6.72. The Morgan fingerprint density at radius 2 is 1.67 bits per heavy atom. The number of rotatable bonds is 0. The molecular weight excluding hydrogens is 223 g/mol. The quantitative estimate of drug-likeness (QED) is 0.610. The molecule has 67 valence electrons. The van der Waals surface area contributed by atoms with Gasteiger partial charge in [0.15, 0.2) is 0 Å². The molecule has 0 saturated heterocycles. The molecule has 0 N–H and O–H groups in total. The van der Waals surface area contributed by atoms with Crippen LogP contribution in [0.25, 0.3) is 0 Å². The second-order valence-corrected chi connectivity index (χ2v) is 3.42. The van der Waals surface area contributed by atoms with Crippen LogP contribution in [0.15, 0.2) is 24.3 Å². The van der Waals surface area contributed by atoms with E-state index in [9.17, 15) is 0 Å². The van der Waals surface area contributed by atoms with Crippen molar-refractivity contribution < 1.29 is 26.2 Å². The topological polar surface area (TPSA) is 0 Å². The molecule has 1 aromatic carbocycles. The first-order valence-corrected chi connectivity index (χ1v) is 3.33. The molecule has 1 rings (SSSR count). The van der Waals surface area contributed by atoms with Gasteiger partial charge in [0.25, 0.3) is 0 Å². The molecule has 0 aromatic heterocycles. The fraction of sp³-hybridized carbons (Fsp3) is 0.364. The van der Waals surface area contributed by atoms with E-state index in [4.69, 9.17) is 0 Å². The summed E-state index contributed by atoms with van der Waals surface area (Å²) >= 11 is 0. The molecule has 0 aliphatic carbocycles. The Kier molecular flexibility index (Phi) is 10.1. The summed E-state index contributed by atoms with van der Waals surface area (Å²) in [6, 6.07) is 8.50. The van der Waals surface area contributed by atoms with E-state index in [1.807, 2.05) is 0 Å². The zero-order valence-electron chi connectivity index (χ0n) is 8.81. The average molecular weight is 242 g/mol. The molecule has 0 aliphatic rings. The Hall–Kier alpha value is 0.233. The van der Waals surface area contributed by atoms with Crippen LogP contribution in [0.5, 0.6) is 0 Å². The van der Waals surface area contributed by atoms with Gasteiger partial charge in [0.1, 0.15) is 0 Å². The van der Waals surface area contributed by atoms with E-state index >= 15 is 0 Å². The molecule has 0 saturated carbocycles. The maximum Gasteiger partial charge on any atom is 3.00 e. The van der Waals surface area contributed by atoms with Gasteiger partial charge in [-0.3, -0.25) is 0 Å². The van der Waals surface area contributed by atoms with Gasteiger partial charge in [-0.1, -0.05) is 26.2 Å². The van der Waals surface area contributed by atoms with Crippen LogP contribution in [0.1, 0.15) is 26.3 Å². The van der Waals surface area contributed by atoms with Crippen molar-refractivity contribution in [3.05, 3.63) is 44.7 Å². The minimum atomic E-state index is 0. The van der Waals surface area contributed by atoms with Gasteiger partial charge < -0.3 is 14.9 Å². The van der Waals surface area contributed by atoms with Crippen molar-refractivity contribution in [2.24, 2.45) is 0 Å². The fourth-order valence-electron chi connectivity index (χ4n) is 0.874. The van der Waals surface area contributed by atoms with E-state index < -0.39 is 0 Å². The van der Waals surface area contributed by atoms with Gasteiger partial charge in [0.2, 0.25) is 0 Å². The van der Waals surface area contributed by atoms with Crippen molar-refractivity contribution in [2.75, 3.05) is 0 Å². The minimum absolute atomic E-state index is 0. The molecule has 12 heavy (non-hydrogen) atoms. The molecule has 0 atom stereocenters. The monoisotopic (exact) mass is 241 g/mol. The fourth-order valence-corrected chi connectivity index (χ4v) is 0.874. The van der Waals surface area contributed by atoms with Gasteiger partial charge in [-0.05, 0) is 0 Å². The van der Waals surface area contributed by atoms with Gasteiger partial charge in [-0.2, -0.15) is 23.8 Å².